The summed E-state index contributed by atoms with van der Waals surface area (Å²) in [5.74, 6) is -0.940. The highest BCUT2D eigenvalue weighted by Gasteiger charge is 2.19. The zero-order valence-corrected chi connectivity index (χ0v) is 10.9. The Hall–Kier alpha value is -1.99. The van der Waals surface area contributed by atoms with Crippen molar-refractivity contribution in [2.75, 3.05) is 38.2 Å². The van der Waals surface area contributed by atoms with Crippen LogP contribution >= 0.6 is 0 Å². The lowest BCUT2D eigenvalue weighted by Crippen LogP contribution is -3.15. The van der Waals surface area contributed by atoms with Crippen LogP contribution in [0.1, 0.15) is 0 Å². The molecule has 0 saturated carbocycles. The molecule has 3 N–H and O–H groups in total. The van der Waals surface area contributed by atoms with Gasteiger partial charge in [0.1, 0.15) is 18.9 Å². The number of ether oxygens (including phenoxy) is 1. The van der Waals surface area contributed by atoms with Gasteiger partial charge in [0.2, 0.25) is 0 Å². The molecular weight excluding hydrogens is 265 g/mol. The van der Waals surface area contributed by atoms with E-state index < -0.39 is 17.8 Å². The number of carbonyl (C=O) groups excluding carboxylic acids is 2. The predicted molar refractivity (Wildman–Crippen MR) is 69.9 cm³/mol. The fraction of sp³-hybridized carbons (Fsp3) is 0.385. The third-order valence-electron chi connectivity index (χ3n) is 2.99. The quantitative estimate of drug-likeness (QED) is 0.692. The van der Waals surface area contributed by atoms with Crippen LogP contribution in [0.15, 0.2) is 24.3 Å². The first-order chi connectivity index (χ1) is 9.65. The Bertz CT molecular complexity index is 490. The van der Waals surface area contributed by atoms with Gasteiger partial charge in [-0.15, -0.1) is 0 Å². The number of imide groups is 1. The van der Waals surface area contributed by atoms with Gasteiger partial charge >= 0.3 is 6.03 Å². The van der Waals surface area contributed by atoms with E-state index in [1.54, 1.807) is 6.07 Å². The number of benzene rings is 1. The van der Waals surface area contributed by atoms with Crippen LogP contribution in [-0.2, 0) is 9.53 Å². The largest absolute Gasteiger partial charge is 0.370 e. The highest BCUT2D eigenvalue weighted by molar-refractivity contribution is 6.01. The highest BCUT2D eigenvalue weighted by atomic mass is 19.1. The zero-order valence-electron chi connectivity index (χ0n) is 10.9. The second kappa shape index (κ2) is 6.97. The number of hydrogen-bond donors (Lipinski definition) is 3. The Labute approximate surface area is 115 Å². The van der Waals surface area contributed by atoms with Crippen molar-refractivity contribution in [1.29, 1.82) is 0 Å². The molecule has 0 radical (unpaired) electrons. The minimum Gasteiger partial charge on any atom is -0.370 e. The first-order valence-corrected chi connectivity index (χ1v) is 6.42. The van der Waals surface area contributed by atoms with E-state index in [1.165, 1.54) is 18.2 Å². The number of rotatable bonds is 3. The Kier molecular flexibility index (Phi) is 5.03. The molecule has 1 heterocycles. The Morgan fingerprint density at radius 1 is 1.25 bits per heavy atom. The van der Waals surface area contributed by atoms with Gasteiger partial charge in [0.25, 0.3) is 5.91 Å². The molecule has 0 unspecified atom stereocenters. The van der Waals surface area contributed by atoms with E-state index in [1.807, 2.05) is 0 Å². The summed E-state index contributed by atoms with van der Waals surface area (Å²) in [7, 11) is 0. The van der Waals surface area contributed by atoms with Gasteiger partial charge in [0.05, 0.1) is 18.9 Å². The zero-order chi connectivity index (χ0) is 14.4. The summed E-state index contributed by atoms with van der Waals surface area (Å²) in [5, 5.41) is 4.48. The topological polar surface area (TPSA) is 71.9 Å². The molecule has 20 heavy (non-hydrogen) atoms. The summed E-state index contributed by atoms with van der Waals surface area (Å²) in [4.78, 5) is 24.3. The summed E-state index contributed by atoms with van der Waals surface area (Å²) in [5.41, 5.74) is 0.0384. The molecule has 0 aromatic heterocycles. The molecule has 2 rings (SSSR count). The van der Waals surface area contributed by atoms with Crippen molar-refractivity contribution >= 4 is 17.6 Å². The molecule has 1 aliphatic heterocycles. The van der Waals surface area contributed by atoms with E-state index in [-0.39, 0.29) is 12.2 Å². The Balaban J connectivity index is 1.79. The van der Waals surface area contributed by atoms with Gasteiger partial charge in [-0.1, -0.05) is 12.1 Å². The summed E-state index contributed by atoms with van der Waals surface area (Å²) >= 11 is 0. The van der Waals surface area contributed by atoms with E-state index in [0.717, 1.165) is 18.0 Å². The SMILES string of the molecule is O=C(C[NH+]1CCOCC1)NC(=O)Nc1ccccc1F. The second-order valence-corrected chi connectivity index (χ2v) is 4.52. The lowest BCUT2D eigenvalue weighted by atomic mass is 10.3. The predicted octanol–water partition coefficient (Wildman–Crippen LogP) is -0.611. The lowest BCUT2D eigenvalue weighted by molar-refractivity contribution is -0.900. The van der Waals surface area contributed by atoms with Gasteiger partial charge in [-0.2, -0.15) is 0 Å². The maximum atomic E-state index is 13.3. The normalized spacial score (nSPS) is 15.7. The number of nitrogens with one attached hydrogen (secondary N) is 3. The van der Waals surface area contributed by atoms with E-state index in [0.29, 0.717) is 13.2 Å². The van der Waals surface area contributed by atoms with Crippen LogP contribution in [-0.4, -0.2) is 44.8 Å². The summed E-state index contributed by atoms with van der Waals surface area (Å²) in [6.45, 7) is 2.91. The number of halogens is 1. The van der Waals surface area contributed by atoms with E-state index in [4.69, 9.17) is 4.74 Å². The molecule has 3 amide bonds. The van der Waals surface area contributed by atoms with Gasteiger partial charge in [0.15, 0.2) is 6.54 Å². The molecule has 1 aliphatic rings. The van der Waals surface area contributed by atoms with Crippen molar-refractivity contribution in [2.24, 2.45) is 0 Å². The number of amides is 3. The molecule has 7 heteroatoms. The highest BCUT2D eigenvalue weighted by Crippen LogP contribution is 2.11. The molecule has 0 atom stereocenters. The summed E-state index contributed by atoms with van der Waals surface area (Å²) < 4.78 is 18.5. The Morgan fingerprint density at radius 3 is 2.65 bits per heavy atom. The molecule has 108 valence electrons. The van der Waals surface area contributed by atoms with Crippen LogP contribution in [0.2, 0.25) is 0 Å². The fourth-order valence-electron chi connectivity index (χ4n) is 1.95. The van der Waals surface area contributed by atoms with Gasteiger partial charge in [-0.05, 0) is 12.1 Å². The van der Waals surface area contributed by atoms with Gasteiger partial charge < -0.3 is 15.0 Å². The number of anilines is 1. The second-order valence-electron chi connectivity index (χ2n) is 4.52. The number of para-hydroxylation sites is 1. The molecular formula is C13H17FN3O3+. The molecule has 0 spiro atoms. The molecule has 1 fully saturated rings. The first kappa shape index (κ1) is 14.4. The van der Waals surface area contributed by atoms with E-state index in [9.17, 15) is 14.0 Å². The molecule has 1 saturated heterocycles. The van der Waals surface area contributed by atoms with Crippen LogP contribution in [0, 0.1) is 5.82 Å². The average molecular weight is 282 g/mol. The number of carbonyl (C=O) groups is 2. The van der Waals surface area contributed by atoms with Crippen molar-refractivity contribution in [3.05, 3.63) is 30.1 Å². The maximum Gasteiger partial charge on any atom is 0.326 e. The van der Waals surface area contributed by atoms with E-state index >= 15 is 0 Å². The minimum atomic E-state index is -0.729. The summed E-state index contributed by atoms with van der Waals surface area (Å²) in [6, 6.07) is 5.04. The van der Waals surface area contributed by atoms with Crippen LogP contribution in [0.25, 0.3) is 0 Å². The summed E-state index contributed by atoms with van der Waals surface area (Å²) in [6.07, 6.45) is 0. The number of hydrogen-bond acceptors (Lipinski definition) is 3. The average Bonchev–Trinajstić information content (AvgIpc) is 2.42. The van der Waals surface area contributed by atoms with Crippen molar-refractivity contribution < 1.29 is 23.6 Å². The Morgan fingerprint density at radius 2 is 1.95 bits per heavy atom. The van der Waals surface area contributed by atoms with Gasteiger partial charge in [0, 0.05) is 0 Å². The standard InChI is InChI=1S/C13H16FN3O3/c14-10-3-1-2-4-11(10)15-13(19)16-12(18)9-17-5-7-20-8-6-17/h1-4H,5-9H2,(H2,15,16,18,19)/p+1. The molecule has 1 aromatic carbocycles. The van der Waals surface area contributed by atoms with E-state index in [2.05, 4.69) is 10.6 Å². The number of quaternary nitrogens is 1. The fourth-order valence-corrected chi connectivity index (χ4v) is 1.95. The monoisotopic (exact) mass is 282 g/mol. The van der Waals surface area contributed by atoms with Crippen LogP contribution in [0.4, 0.5) is 14.9 Å². The smallest absolute Gasteiger partial charge is 0.326 e. The van der Waals surface area contributed by atoms with Crippen LogP contribution < -0.4 is 15.5 Å². The third-order valence-corrected chi connectivity index (χ3v) is 2.99. The first-order valence-electron chi connectivity index (χ1n) is 6.42. The van der Waals surface area contributed by atoms with Gasteiger partial charge in [-0.3, -0.25) is 10.1 Å². The van der Waals surface area contributed by atoms with Crippen molar-refractivity contribution in [3.63, 3.8) is 0 Å². The van der Waals surface area contributed by atoms with Crippen molar-refractivity contribution in [1.82, 2.24) is 5.32 Å². The van der Waals surface area contributed by atoms with Crippen LogP contribution in [0.3, 0.4) is 0 Å². The lowest BCUT2D eigenvalue weighted by Gasteiger charge is -2.22. The maximum absolute atomic E-state index is 13.3. The van der Waals surface area contributed by atoms with Gasteiger partial charge in [-0.25, -0.2) is 9.18 Å². The van der Waals surface area contributed by atoms with Crippen LogP contribution in [0.5, 0.6) is 0 Å². The van der Waals surface area contributed by atoms with Crippen molar-refractivity contribution in [3.8, 4) is 0 Å². The molecule has 6 nitrogen and oxygen atoms in total. The number of morpholine rings is 1. The molecule has 0 aliphatic carbocycles. The third kappa shape index (κ3) is 4.29. The number of urea groups is 1. The molecule has 1 aromatic rings. The minimum absolute atomic E-state index is 0.0384. The molecule has 0 bridgehead atoms. The van der Waals surface area contributed by atoms with Crippen molar-refractivity contribution in [2.45, 2.75) is 0 Å².